The fraction of sp³-hybridized carbons (Fsp3) is 0.346. The zero-order valence-corrected chi connectivity index (χ0v) is 32.7. The van der Waals surface area contributed by atoms with Gasteiger partial charge in [-0.3, -0.25) is 0 Å². The van der Waals surface area contributed by atoms with Crippen LogP contribution in [-0.4, -0.2) is 0 Å². The van der Waals surface area contributed by atoms with Crippen LogP contribution in [0.4, 0.5) is 0 Å². The van der Waals surface area contributed by atoms with E-state index in [1.54, 1.807) is 0 Å². The number of rotatable bonds is 14. The normalized spacial score (nSPS) is 13.4. The van der Waals surface area contributed by atoms with E-state index in [2.05, 4.69) is 151 Å². The van der Waals surface area contributed by atoms with Crippen molar-refractivity contribution in [2.75, 3.05) is 0 Å². The summed E-state index contributed by atoms with van der Waals surface area (Å²) in [6.45, 7) is 18.9. The molecule has 2 aliphatic carbocycles. The van der Waals surface area contributed by atoms with Gasteiger partial charge in [-0.2, -0.15) is 0 Å². The third kappa shape index (κ3) is 7.68. The zero-order chi connectivity index (χ0) is 36.7. The van der Waals surface area contributed by atoms with Crippen LogP contribution >= 0.6 is 0 Å². The van der Waals surface area contributed by atoms with Crippen molar-refractivity contribution in [3.05, 3.63) is 178 Å². The Labute approximate surface area is 315 Å². The van der Waals surface area contributed by atoms with Crippen LogP contribution < -0.4 is 0 Å². The number of aryl methyl sites for hydroxylation is 5. The summed E-state index contributed by atoms with van der Waals surface area (Å²) in [6.07, 6.45) is 17.4. The van der Waals surface area contributed by atoms with E-state index in [9.17, 15) is 0 Å². The van der Waals surface area contributed by atoms with Crippen molar-refractivity contribution in [2.24, 2.45) is 0 Å². The van der Waals surface area contributed by atoms with Crippen LogP contribution in [-0.2, 0) is 11.8 Å². The summed E-state index contributed by atoms with van der Waals surface area (Å²) in [5.74, 6) is 0.571. The fourth-order valence-corrected chi connectivity index (χ4v) is 8.94. The molecule has 0 heteroatoms. The summed E-state index contributed by atoms with van der Waals surface area (Å²) in [6, 6.07) is 37.6. The second-order valence-electron chi connectivity index (χ2n) is 15.6. The van der Waals surface area contributed by atoms with E-state index in [0.717, 1.165) is 25.7 Å². The Balaban J connectivity index is 0.000000198. The van der Waals surface area contributed by atoms with Gasteiger partial charge in [0.15, 0.2) is 0 Å². The summed E-state index contributed by atoms with van der Waals surface area (Å²) in [5, 5.41) is 0. The first-order valence-corrected chi connectivity index (χ1v) is 20.1. The second-order valence-corrected chi connectivity index (χ2v) is 15.6. The molecule has 0 heterocycles. The molecular weight excluding hydrogens is 625 g/mol. The number of fused-ring (bicyclic) bond motifs is 6. The minimum Gasteiger partial charge on any atom is -0.103 e. The fourth-order valence-electron chi connectivity index (χ4n) is 8.94. The molecule has 0 fully saturated rings. The van der Waals surface area contributed by atoms with Crippen LogP contribution in [0.5, 0.6) is 0 Å². The number of benzene rings is 5. The zero-order valence-electron chi connectivity index (χ0n) is 32.7. The molecule has 7 rings (SSSR count). The van der Waals surface area contributed by atoms with E-state index in [1.807, 2.05) is 6.08 Å². The average molecular weight is 685 g/mol. The van der Waals surface area contributed by atoms with E-state index in [4.69, 9.17) is 0 Å². The SMILES string of the molecule is C=CCCCC1(c2ccc(CCCCCC)cc2)c2cc(C)ccc2-c2ccc(C)cc21.C=CCCCC1c2ccc(C)cc2-c2cc(C)ccc21. The third-order valence-electron chi connectivity index (χ3n) is 11.6. The quantitative estimate of drug-likeness (QED) is 0.0807. The Morgan fingerprint density at radius 3 is 1.60 bits per heavy atom. The van der Waals surface area contributed by atoms with Gasteiger partial charge in [0, 0.05) is 11.3 Å². The standard InChI is InChI=1S/C32H38.C20H22/c1-5-7-9-10-12-26-15-17-27(18-16-26)32(21-11-8-6-2)30-22-24(3)13-19-28(30)29-20-14-25(4)23-31(29)32;1-4-5-6-7-16-17-10-8-14(2)12-19(17)20-13-15(3)9-11-18(16)20/h6,13-20,22-23H,2,5,7-12,21H2,1,3-4H3;4,8-13,16H,1,5-7H2,2-3H3. The van der Waals surface area contributed by atoms with E-state index < -0.39 is 0 Å². The largest absolute Gasteiger partial charge is 0.103 e. The highest BCUT2D eigenvalue weighted by molar-refractivity contribution is 5.84. The van der Waals surface area contributed by atoms with E-state index in [1.165, 1.54) is 123 Å². The molecule has 0 saturated carbocycles. The third-order valence-corrected chi connectivity index (χ3v) is 11.6. The molecule has 0 aromatic heterocycles. The molecule has 0 spiro atoms. The van der Waals surface area contributed by atoms with E-state index in [0.29, 0.717) is 5.92 Å². The molecule has 0 radical (unpaired) electrons. The number of hydrogen-bond acceptors (Lipinski definition) is 0. The second kappa shape index (κ2) is 16.9. The maximum Gasteiger partial charge on any atom is 0.0463 e. The van der Waals surface area contributed by atoms with E-state index in [-0.39, 0.29) is 5.41 Å². The van der Waals surface area contributed by atoms with Crippen molar-refractivity contribution >= 4 is 0 Å². The molecule has 0 bridgehead atoms. The van der Waals surface area contributed by atoms with Crippen molar-refractivity contribution in [1.82, 2.24) is 0 Å². The molecule has 52 heavy (non-hydrogen) atoms. The number of allylic oxidation sites excluding steroid dienone is 2. The van der Waals surface area contributed by atoms with Crippen molar-refractivity contribution in [3.8, 4) is 22.3 Å². The van der Waals surface area contributed by atoms with Crippen LogP contribution in [0.3, 0.4) is 0 Å². The van der Waals surface area contributed by atoms with Crippen molar-refractivity contribution in [1.29, 1.82) is 0 Å². The molecule has 0 N–H and O–H groups in total. The molecule has 5 aromatic rings. The average Bonchev–Trinajstić information content (AvgIpc) is 3.59. The Bertz CT molecular complexity index is 1900. The molecule has 0 unspecified atom stereocenters. The highest BCUT2D eigenvalue weighted by Gasteiger charge is 2.44. The smallest absolute Gasteiger partial charge is 0.0463 e. The van der Waals surface area contributed by atoms with Gasteiger partial charge in [0.2, 0.25) is 0 Å². The van der Waals surface area contributed by atoms with Gasteiger partial charge >= 0.3 is 0 Å². The van der Waals surface area contributed by atoms with Gasteiger partial charge in [0.05, 0.1) is 0 Å². The molecule has 0 aliphatic heterocycles. The van der Waals surface area contributed by atoms with Crippen LogP contribution in [0, 0.1) is 27.7 Å². The lowest BCUT2D eigenvalue weighted by molar-refractivity contribution is 0.547. The van der Waals surface area contributed by atoms with Gasteiger partial charge in [-0.15, -0.1) is 13.2 Å². The number of unbranched alkanes of at least 4 members (excludes halogenated alkanes) is 5. The maximum atomic E-state index is 3.99. The van der Waals surface area contributed by atoms with Gasteiger partial charge in [-0.05, 0) is 135 Å². The van der Waals surface area contributed by atoms with Crippen LogP contribution in [0.2, 0.25) is 0 Å². The summed E-state index contributed by atoms with van der Waals surface area (Å²) in [7, 11) is 0. The molecule has 0 amide bonds. The predicted molar refractivity (Wildman–Crippen MR) is 227 cm³/mol. The molecule has 0 saturated heterocycles. The predicted octanol–water partition coefficient (Wildman–Crippen LogP) is 14.9. The number of hydrogen-bond donors (Lipinski definition) is 0. The highest BCUT2D eigenvalue weighted by Crippen LogP contribution is 2.55. The van der Waals surface area contributed by atoms with Crippen molar-refractivity contribution in [2.45, 2.75) is 117 Å². The van der Waals surface area contributed by atoms with Crippen molar-refractivity contribution in [3.63, 3.8) is 0 Å². The summed E-state index contributed by atoms with van der Waals surface area (Å²) >= 11 is 0. The lowest BCUT2D eigenvalue weighted by Crippen LogP contribution is -2.27. The molecule has 5 aromatic carbocycles. The first-order valence-electron chi connectivity index (χ1n) is 20.1. The van der Waals surface area contributed by atoms with E-state index >= 15 is 0 Å². The Morgan fingerprint density at radius 2 is 1.06 bits per heavy atom. The van der Waals surface area contributed by atoms with Crippen LogP contribution in [0.15, 0.2) is 122 Å². The van der Waals surface area contributed by atoms with Gasteiger partial charge in [0.25, 0.3) is 0 Å². The van der Waals surface area contributed by atoms with Gasteiger partial charge in [-0.1, -0.05) is 158 Å². The summed E-state index contributed by atoms with van der Waals surface area (Å²) in [4.78, 5) is 0. The Morgan fingerprint density at radius 1 is 0.538 bits per heavy atom. The van der Waals surface area contributed by atoms with Gasteiger partial charge in [0.1, 0.15) is 0 Å². The molecule has 268 valence electrons. The monoisotopic (exact) mass is 684 g/mol. The first-order chi connectivity index (χ1) is 25.3. The lowest BCUT2D eigenvalue weighted by atomic mass is 9.68. The lowest BCUT2D eigenvalue weighted by Gasteiger charge is -2.34. The summed E-state index contributed by atoms with van der Waals surface area (Å²) < 4.78 is 0. The van der Waals surface area contributed by atoms with Crippen molar-refractivity contribution < 1.29 is 0 Å². The maximum absolute atomic E-state index is 3.99. The first kappa shape index (κ1) is 37.3. The minimum atomic E-state index is -0.0769. The topological polar surface area (TPSA) is 0 Å². The molecular formula is C52H60. The Kier molecular flexibility index (Phi) is 12.2. The van der Waals surface area contributed by atoms with Crippen LogP contribution in [0.25, 0.3) is 22.3 Å². The molecule has 0 atom stereocenters. The van der Waals surface area contributed by atoms with Gasteiger partial charge in [-0.25, -0.2) is 0 Å². The van der Waals surface area contributed by atoms with Crippen LogP contribution in [0.1, 0.15) is 133 Å². The Hall–Kier alpha value is -4.42. The summed E-state index contributed by atoms with van der Waals surface area (Å²) in [5.41, 5.74) is 19.9. The van der Waals surface area contributed by atoms with Gasteiger partial charge < -0.3 is 0 Å². The highest BCUT2D eigenvalue weighted by atomic mass is 14.5. The molecule has 2 aliphatic rings. The minimum absolute atomic E-state index is 0.0769. The molecule has 0 nitrogen and oxygen atoms in total.